The lowest BCUT2D eigenvalue weighted by molar-refractivity contribution is -0.135. The molecule has 4 heteroatoms. The highest BCUT2D eigenvalue weighted by molar-refractivity contribution is 5.85. The first kappa shape index (κ1) is 17.5. The molecule has 118 valence electrons. The number of ether oxygens (including phenoxy) is 1. The fourth-order valence-electron chi connectivity index (χ4n) is 2.37. The van der Waals surface area contributed by atoms with Crippen molar-refractivity contribution in [2.24, 2.45) is 5.73 Å². The van der Waals surface area contributed by atoms with E-state index in [0.29, 0.717) is 19.6 Å². The summed E-state index contributed by atoms with van der Waals surface area (Å²) in [5, 5.41) is 0. The van der Waals surface area contributed by atoms with Crippen LogP contribution in [0.5, 0.6) is 5.75 Å². The highest BCUT2D eigenvalue weighted by Gasteiger charge is 2.29. The predicted molar refractivity (Wildman–Crippen MR) is 86.4 cm³/mol. The van der Waals surface area contributed by atoms with E-state index >= 15 is 0 Å². The molecule has 1 aromatic rings. The lowest BCUT2D eigenvalue weighted by Crippen LogP contribution is -2.52. The molecule has 1 aromatic carbocycles. The second-order valence-electron chi connectivity index (χ2n) is 5.86. The quantitative estimate of drug-likeness (QED) is 0.750. The summed E-state index contributed by atoms with van der Waals surface area (Å²) >= 11 is 0. The molecule has 0 fully saturated rings. The molecule has 0 saturated carbocycles. The van der Waals surface area contributed by atoms with Crippen LogP contribution in [-0.2, 0) is 4.79 Å². The Morgan fingerprint density at radius 1 is 1.38 bits per heavy atom. The van der Waals surface area contributed by atoms with Gasteiger partial charge in [0.25, 0.3) is 0 Å². The number of hydrogen-bond acceptors (Lipinski definition) is 3. The number of nitrogens with zero attached hydrogens (tertiary/aromatic N) is 1. The van der Waals surface area contributed by atoms with E-state index in [0.717, 1.165) is 24.2 Å². The SMILES string of the molecule is CCCC(C)(N)C(=O)N(C)CCCOc1ccccc1C. The van der Waals surface area contributed by atoms with E-state index in [1.54, 1.807) is 18.9 Å². The van der Waals surface area contributed by atoms with Gasteiger partial charge in [0.15, 0.2) is 0 Å². The zero-order chi connectivity index (χ0) is 15.9. The summed E-state index contributed by atoms with van der Waals surface area (Å²) in [6.07, 6.45) is 2.40. The van der Waals surface area contributed by atoms with Crippen LogP contribution in [0.25, 0.3) is 0 Å². The van der Waals surface area contributed by atoms with E-state index in [1.807, 2.05) is 38.1 Å². The van der Waals surface area contributed by atoms with Crippen molar-refractivity contribution in [1.82, 2.24) is 4.90 Å². The minimum atomic E-state index is -0.764. The van der Waals surface area contributed by atoms with E-state index in [9.17, 15) is 4.79 Å². The Morgan fingerprint density at radius 3 is 2.67 bits per heavy atom. The Balaban J connectivity index is 2.35. The van der Waals surface area contributed by atoms with Gasteiger partial charge in [-0.05, 0) is 38.3 Å². The van der Waals surface area contributed by atoms with Crippen molar-refractivity contribution >= 4 is 5.91 Å². The minimum absolute atomic E-state index is 0.000224. The number of carbonyl (C=O) groups excluding carboxylic acids is 1. The van der Waals surface area contributed by atoms with E-state index in [-0.39, 0.29) is 5.91 Å². The number of para-hydroxylation sites is 1. The van der Waals surface area contributed by atoms with Crippen molar-refractivity contribution in [2.75, 3.05) is 20.2 Å². The van der Waals surface area contributed by atoms with Crippen molar-refractivity contribution in [3.05, 3.63) is 29.8 Å². The topological polar surface area (TPSA) is 55.6 Å². The molecule has 0 saturated heterocycles. The molecule has 0 aliphatic carbocycles. The average Bonchev–Trinajstić information content (AvgIpc) is 2.44. The third kappa shape index (κ3) is 5.38. The minimum Gasteiger partial charge on any atom is -0.493 e. The largest absolute Gasteiger partial charge is 0.493 e. The molecule has 21 heavy (non-hydrogen) atoms. The number of carbonyl (C=O) groups is 1. The summed E-state index contributed by atoms with van der Waals surface area (Å²) in [5.74, 6) is 0.904. The van der Waals surface area contributed by atoms with Crippen LogP contribution in [0.15, 0.2) is 24.3 Å². The third-order valence-corrected chi connectivity index (χ3v) is 3.59. The van der Waals surface area contributed by atoms with Gasteiger partial charge in [-0.15, -0.1) is 0 Å². The Bertz CT molecular complexity index is 458. The molecule has 0 bridgehead atoms. The van der Waals surface area contributed by atoms with Crippen molar-refractivity contribution in [3.63, 3.8) is 0 Å². The molecule has 2 N–H and O–H groups in total. The third-order valence-electron chi connectivity index (χ3n) is 3.59. The molecule has 0 aliphatic heterocycles. The van der Waals surface area contributed by atoms with Crippen LogP contribution in [-0.4, -0.2) is 36.5 Å². The van der Waals surface area contributed by atoms with Crippen LogP contribution >= 0.6 is 0 Å². The summed E-state index contributed by atoms with van der Waals surface area (Å²) in [7, 11) is 1.80. The number of amides is 1. The van der Waals surface area contributed by atoms with Gasteiger partial charge in [0.05, 0.1) is 12.1 Å². The summed E-state index contributed by atoms with van der Waals surface area (Å²) in [6, 6.07) is 7.94. The zero-order valence-corrected chi connectivity index (χ0v) is 13.7. The first-order chi connectivity index (χ1) is 9.88. The summed E-state index contributed by atoms with van der Waals surface area (Å²) in [6.45, 7) is 7.11. The first-order valence-electron chi connectivity index (χ1n) is 7.61. The van der Waals surface area contributed by atoms with Gasteiger partial charge in [-0.2, -0.15) is 0 Å². The maximum Gasteiger partial charge on any atom is 0.242 e. The maximum absolute atomic E-state index is 12.2. The summed E-state index contributed by atoms with van der Waals surface area (Å²) in [4.78, 5) is 13.9. The second kappa shape index (κ2) is 8.03. The van der Waals surface area contributed by atoms with Crippen LogP contribution in [0.4, 0.5) is 0 Å². The molecule has 1 atom stereocenters. The summed E-state index contributed by atoms with van der Waals surface area (Å²) < 4.78 is 5.73. The van der Waals surface area contributed by atoms with E-state index in [1.165, 1.54) is 0 Å². The molecule has 0 aromatic heterocycles. The van der Waals surface area contributed by atoms with E-state index in [2.05, 4.69) is 0 Å². The maximum atomic E-state index is 12.2. The van der Waals surface area contributed by atoms with Crippen LogP contribution < -0.4 is 10.5 Å². The molecule has 1 amide bonds. The monoisotopic (exact) mass is 292 g/mol. The lowest BCUT2D eigenvalue weighted by atomic mass is 9.96. The van der Waals surface area contributed by atoms with Crippen LogP contribution in [0, 0.1) is 6.92 Å². The van der Waals surface area contributed by atoms with Crippen molar-refractivity contribution in [1.29, 1.82) is 0 Å². The number of aryl methyl sites for hydroxylation is 1. The van der Waals surface area contributed by atoms with E-state index < -0.39 is 5.54 Å². The van der Waals surface area contributed by atoms with Crippen LogP contribution in [0.1, 0.15) is 38.7 Å². The lowest BCUT2D eigenvalue weighted by Gasteiger charge is -2.29. The van der Waals surface area contributed by atoms with Gasteiger partial charge in [-0.25, -0.2) is 0 Å². The highest BCUT2D eigenvalue weighted by atomic mass is 16.5. The highest BCUT2D eigenvalue weighted by Crippen LogP contribution is 2.16. The smallest absolute Gasteiger partial charge is 0.242 e. The molecule has 0 spiro atoms. The first-order valence-corrected chi connectivity index (χ1v) is 7.61. The van der Waals surface area contributed by atoms with Crippen molar-refractivity contribution < 1.29 is 9.53 Å². The number of benzene rings is 1. The Morgan fingerprint density at radius 2 is 2.05 bits per heavy atom. The number of rotatable bonds is 8. The molecule has 1 rings (SSSR count). The normalized spacial score (nSPS) is 13.6. The van der Waals surface area contributed by atoms with Gasteiger partial charge in [0.2, 0.25) is 5.91 Å². The molecular formula is C17H28N2O2. The molecule has 4 nitrogen and oxygen atoms in total. The van der Waals surface area contributed by atoms with Gasteiger partial charge < -0.3 is 15.4 Å². The second-order valence-corrected chi connectivity index (χ2v) is 5.86. The Hall–Kier alpha value is -1.55. The van der Waals surface area contributed by atoms with Gasteiger partial charge in [-0.1, -0.05) is 31.5 Å². The fraction of sp³-hybridized carbons (Fsp3) is 0.588. The van der Waals surface area contributed by atoms with E-state index in [4.69, 9.17) is 10.5 Å². The molecule has 0 heterocycles. The Labute approximate surface area is 128 Å². The van der Waals surface area contributed by atoms with Gasteiger partial charge >= 0.3 is 0 Å². The van der Waals surface area contributed by atoms with Gasteiger partial charge in [0, 0.05) is 13.6 Å². The molecule has 0 aliphatic rings. The number of likely N-dealkylation sites (N-methyl/N-ethyl adjacent to an activating group) is 1. The molecular weight excluding hydrogens is 264 g/mol. The number of hydrogen-bond donors (Lipinski definition) is 1. The fourth-order valence-corrected chi connectivity index (χ4v) is 2.37. The van der Waals surface area contributed by atoms with Crippen molar-refractivity contribution in [3.8, 4) is 5.75 Å². The van der Waals surface area contributed by atoms with Crippen LogP contribution in [0.2, 0.25) is 0 Å². The molecule has 0 radical (unpaired) electrons. The van der Waals surface area contributed by atoms with Gasteiger partial charge in [0.1, 0.15) is 5.75 Å². The predicted octanol–water partition coefficient (Wildman–Crippen LogP) is 2.74. The van der Waals surface area contributed by atoms with Gasteiger partial charge in [-0.3, -0.25) is 4.79 Å². The van der Waals surface area contributed by atoms with Crippen LogP contribution in [0.3, 0.4) is 0 Å². The molecule has 1 unspecified atom stereocenters. The standard InChI is InChI=1S/C17H28N2O2/c1-5-11-17(3,18)16(20)19(4)12-8-13-21-15-10-7-6-9-14(15)2/h6-7,9-10H,5,8,11-13,18H2,1-4H3. The number of nitrogens with two attached hydrogens (primary N) is 1. The average molecular weight is 292 g/mol. The summed E-state index contributed by atoms with van der Waals surface area (Å²) in [5.41, 5.74) is 6.43. The Kier molecular flexibility index (Phi) is 6.69. The van der Waals surface area contributed by atoms with Crippen molar-refractivity contribution in [2.45, 2.75) is 45.6 Å². The zero-order valence-electron chi connectivity index (χ0n) is 13.7.